The molecule has 1 saturated heterocycles. The average Bonchev–Trinajstić information content (AvgIpc) is 3.36. The van der Waals surface area contributed by atoms with Gasteiger partial charge in [0.15, 0.2) is 0 Å². The summed E-state index contributed by atoms with van der Waals surface area (Å²) in [5, 5.41) is 0. The van der Waals surface area contributed by atoms with E-state index in [2.05, 4.69) is 86.0 Å². The molecule has 66 heavy (non-hydrogen) atoms. The smallest absolute Gasteiger partial charge is 0.330 e. The Labute approximate surface area is 393 Å². The van der Waals surface area contributed by atoms with Gasteiger partial charge in [0.2, 0.25) is 12.6 Å². The quantitative estimate of drug-likeness (QED) is 0.0255. The molecule has 0 bridgehead atoms. The number of carbonyl (C=O) groups excluding carboxylic acids is 2. The summed E-state index contributed by atoms with van der Waals surface area (Å²) < 4.78 is 46.2. The van der Waals surface area contributed by atoms with Crippen LogP contribution in [0.2, 0.25) is 0 Å². The fraction of sp³-hybridized carbons (Fsp3) is 0.464. The lowest BCUT2D eigenvalue weighted by atomic mass is 10.0. The third kappa shape index (κ3) is 20.5. The summed E-state index contributed by atoms with van der Waals surface area (Å²) in [6.45, 7) is 10.9. The van der Waals surface area contributed by atoms with E-state index >= 15 is 0 Å². The number of hydrogen-bond donors (Lipinski definition) is 0. The number of ether oxygens (including phenoxy) is 8. The Bertz CT molecular complexity index is 1800. The van der Waals surface area contributed by atoms with E-state index in [1.807, 2.05) is 24.3 Å². The zero-order valence-corrected chi connectivity index (χ0v) is 39.0. The third-order valence-corrected chi connectivity index (χ3v) is 11.4. The number of benzene rings is 4. The number of unbranched alkanes of at least 4 members (excludes halogenated alkanes) is 14. The van der Waals surface area contributed by atoms with E-state index in [-0.39, 0.29) is 11.9 Å². The lowest BCUT2D eigenvalue weighted by molar-refractivity contribution is -0.326. The Morgan fingerprint density at radius 3 is 1.03 bits per heavy atom. The summed E-state index contributed by atoms with van der Waals surface area (Å²) in [5.74, 6) is 1.09. The maximum absolute atomic E-state index is 11.1. The van der Waals surface area contributed by atoms with E-state index < -0.39 is 12.6 Å². The van der Waals surface area contributed by atoms with Crippen LogP contribution in [0.25, 0.3) is 22.3 Å². The van der Waals surface area contributed by atoms with Crippen molar-refractivity contribution in [2.24, 2.45) is 0 Å². The Morgan fingerprint density at radius 2 is 0.712 bits per heavy atom. The summed E-state index contributed by atoms with van der Waals surface area (Å²) in [4.78, 5) is 22.1. The predicted molar refractivity (Wildman–Crippen MR) is 260 cm³/mol. The SMILES string of the molecule is C=CC(=O)OCCCCCCCCCCOc1ccc(-c2ccc(CO[C@H]3OCCO[C@@H]3OCc3ccc(-c4ccc(OCCCCCCCCCCOC(=O)C=C)cc4)cc3)cc2)cc1. The topological polar surface area (TPSA) is 108 Å². The van der Waals surface area contributed by atoms with Crippen molar-refractivity contribution in [3.8, 4) is 33.8 Å². The second-order valence-electron chi connectivity index (χ2n) is 16.6. The zero-order chi connectivity index (χ0) is 46.3. The molecule has 0 aliphatic carbocycles. The summed E-state index contributed by atoms with van der Waals surface area (Å²) >= 11 is 0. The molecule has 1 aliphatic rings. The van der Waals surface area contributed by atoms with Gasteiger partial charge in [-0.3, -0.25) is 0 Å². The maximum Gasteiger partial charge on any atom is 0.330 e. The molecule has 0 saturated carbocycles. The Balaban J connectivity index is 0.914. The van der Waals surface area contributed by atoms with Gasteiger partial charge in [-0.25, -0.2) is 9.59 Å². The number of rotatable bonds is 34. The fourth-order valence-electron chi connectivity index (χ4n) is 7.54. The van der Waals surface area contributed by atoms with E-state index in [4.69, 9.17) is 37.9 Å². The highest BCUT2D eigenvalue weighted by atomic mass is 16.8. The van der Waals surface area contributed by atoms with Crippen molar-refractivity contribution in [3.05, 3.63) is 133 Å². The van der Waals surface area contributed by atoms with Gasteiger partial charge in [0.25, 0.3) is 0 Å². The molecule has 0 amide bonds. The fourth-order valence-corrected chi connectivity index (χ4v) is 7.54. The van der Waals surface area contributed by atoms with Crippen molar-refractivity contribution in [1.29, 1.82) is 0 Å². The molecule has 4 aromatic rings. The molecule has 5 rings (SSSR count). The van der Waals surface area contributed by atoms with Crippen LogP contribution < -0.4 is 9.47 Å². The zero-order valence-electron chi connectivity index (χ0n) is 39.0. The minimum atomic E-state index is -0.631. The minimum absolute atomic E-state index is 0.340. The van der Waals surface area contributed by atoms with E-state index in [9.17, 15) is 9.59 Å². The number of hydrogen-bond acceptors (Lipinski definition) is 10. The predicted octanol–water partition coefficient (Wildman–Crippen LogP) is 12.9. The van der Waals surface area contributed by atoms with Crippen LogP contribution in [-0.4, -0.2) is 64.2 Å². The summed E-state index contributed by atoms with van der Waals surface area (Å²) in [7, 11) is 0. The number of esters is 2. The largest absolute Gasteiger partial charge is 0.494 e. The highest BCUT2D eigenvalue weighted by Crippen LogP contribution is 2.26. The first-order valence-electron chi connectivity index (χ1n) is 24.2. The minimum Gasteiger partial charge on any atom is -0.494 e. The van der Waals surface area contributed by atoms with E-state index in [0.717, 1.165) is 109 Å². The van der Waals surface area contributed by atoms with Gasteiger partial charge in [0.05, 0.1) is 52.9 Å². The molecule has 0 unspecified atom stereocenters. The molecular formula is C56H72O10. The normalized spacial score (nSPS) is 14.6. The first-order valence-corrected chi connectivity index (χ1v) is 24.2. The van der Waals surface area contributed by atoms with Gasteiger partial charge >= 0.3 is 11.9 Å². The van der Waals surface area contributed by atoms with Gasteiger partial charge in [0, 0.05) is 12.2 Å². The molecule has 10 nitrogen and oxygen atoms in total. The third-order valence-electron chi connectivity index (χ3n) is 11.4. The van der Waals surface area contributed by atoms with Crippen molar-refractivity contribution in [2.45, 2.75) is 129 Å². The Morgan fingerprint density at radius 1 is 0.424 bits per heavy atom. The first-order chi connectivity index (χ1) is 32.5. The molecule has 0 N–H and O–H groups in total. The van der Waals surface area contributed by atoms with Gasteiger partial charge < -0.3 is 37.9 Å². The van der Waals surface area contributed by atoms with Crippen molar-refractivity contribution >= 4 is 11.9 Å². The van der Waals surface area contributed by atoms with Crippen LogP contribution in [0.5, 0.6) is 11.5 Å². The first kappa shape index (κ1) is 51.7. The van der Waals surface area contributed by atoms with Crippen LogP contribution >= 0.6 is 0 Å². The standard InChI is InChI=1S/C56H72O10/c1-3-53(57)61-39-19-15-11-7-5-9-13-17-37-59-51-33-29-49(30-34-51)47-25-21-45(22-26-47)43-65-55-56(64-42-41-63-55)66-44-46-23-27-48(28-24-46)50-31-35-52(36-32-50)60-38-18-14-10-6-8-12-16-20-40-62-54(58)4-2/h3-4,21-36,55-56H,1-2,5-20,37-44H2/t55-,56-/m1/s1. The van der Waals surface area contributed by atoms with Gasteiger partial charge in [-0.2, -0.15) is 0 Å². The molecule has 4 aromatic carbocycles. The molecule has 0 spiro atoms. The van der Waals surface area contributed by atoms with Gasteiger partial charge in [-0.05, 0) is 83.3 Å². The summed E-state index contributed by atoms with van der Waals surface area (Å²) in [5.41, 5.74) is 6.57. The van der Waals surface area contributed by atoms with Crippen LogP contribution in [0.15, 0.2) is 122 Å². The van der Waals surface area contributed by atoms with Crippen LogP contribution in [0.1, 0.15) is 114 Å². The van der Waals surface area contributed by atoms with Crippen LogP contribution in [0.3, 0.4) is 0 Å². The monoisotopic (exact) mass is 905 g/mol. The average molecular weight is 905 g/mol. The van der Waals surface area contributed by atoms with Crippen molar-refractivity contribution in [3.63, 3.8) is 0 Å². The lowest BCUT2D eigenvalue weighted by Gasteiger charge is -2.31. The molecule has 10 heteroatoms. The molecule has 0 aromatic heterocycles. The lowest BCUT2D eigenvalue weighted by Crippen LogP contribution is -2.41. The van der Waals surface area contributed by atoms with Gasteiger partial charge in [-0.15, -0.1) is 0 Å². The van der Waals surface area contributed by atoms with Gasteiger partial charge in [0.1, 0.15) is 11.5 Å². The highest BCUT2D eigenvalue weighted by Gasteiger charge is 2.29. The molecule has 0 radical (unpaired) electrons. The maximum atomic E-state index is 11.1. The Hall–Kier alpha value is -5.26. The van der Waals surface area contributed by atoms with Crippen LogP contribution in [0, 0.1) is 0 Å². The molecule has 1 fully saturated rings. The van der Waals surface area contributed by atoms with Crippen molar-refractivity contribution in [1.82, 2.24) is 0 Å². The Kier molecular flexibility index (Phi) is 24.8. The van der Waals surface area contributed by atoms with Gasteiger partial charge in [-0.1, -0.05) is 163 Å². The van der Waals surface area contributed by atoms with E-state index in [1.165, 1.54) is 63.5 Å². The molecule has 356 valence electrons. The van der Waals surface area contributed by atoms with E-state index in [1.54, 1.807) is 0 Å². The second kappa shape index (κ2) is 31.6. The number of carbonyl (C=O) groups is 2. The highest BCUT2D eigenvalue weighted by molar-refractivity contribution is 5.81. The second-order valence-corrected chi connectivity index (χ2v) is 16.6. The molecule has 2 atom stereocenters. The summed E-state index contributed by atoms with van der Waals surface area (Å²) in [6.07, 6.45) is 19.2. The van der Waals surface area contributed by atoms with Crippen molar-refractivity contribution in [2.75, 3.05) is 39.6 Å². The molecular weight excluding hydrogens is 833 g/mol. The molecule has 1 heterocycles. The van der Waals surface area contributed by atoms with E-state index in [0.29, 0.717) is 39.6 Å². The molecule has 1 aliphatic heterocycles. The van der Waals surface area contributed by atoms with Crippen LogP contribution in [0.4, 0.5) is 0 Å². The van der Waals surface area contributed by atoms with Crippen molar-refractivity contribution < 1.29 is 47.5 Å². The summed E-state index contributed by atoms with van der Waals surface area (Å²) in [6, 6.07) is 33.3. The van der Waals surface area contributed by atoms with Crippen LogP contribution in [-0.2, 0) is 51.2 Å².